The highest BCUT2D eigenvalue weighted by Crippen LogP contribution is 2.26. The van der Waals surface area contributed by atoms with Gasteiger partial charge in [-0.3, -0.25) is 19.3 Å². The number of halogens is 1. The molecule has 2 heterocycles. The Bertz CT molecular complexity index is 568. The zero-order valence-corrected chi connectivity index (χ0v) is 11.2. The van der Waals surface area contributed by atoms with Gasteiger partial charge in [-0.05, 0) is 24.3 Å². The maximum Gasteiger partial charge on any atom is 0.289 e. The third-order valence-corrected chi connectivity index (χ3v) is 4.23. The summed E-state index contributed by atoms with van der Waals surface area (Å²) >= 11 is 0.991. The van der Waals surface area contributed by atoms with Gasteiger partial charge in [0.1, 0.15) is 5.82 Å². The predicted molar refractivity (Wildman–Crippen MR) is 70.8 cm³/mol. The fourth-order valence-corrected chi connectivity index (χ4v) is 3.05. The lowest BCUT2D eigenvalue weighted by Crippen LogP contribution is -2.62. The van der Waals surface area contributed by atoms with Gasteiger partial charge in [0.05, 0.1) is 11.8 Å². The molecule has 3 rings (SSSR count). The van der Waals surface area contributed by atoms with Gasteiger partial charge in [0.25, 0.3) is 11.1 Å². The Labute approximate surface area is 118 Å². The monoisotopic (exact) mass is 294 g/mol. The molecule has 5 nitrogen and oxygen atoms in total. The van der Waals surface area contributed by atoms with Gasteiger partial charge >= 0.3 is 0 Å². The molecule has 0 N–H and O–H groups in total. The fourth-order valence-electron chi connectivity index (χ4n) is 2.28. The van der Waals surface area contributed by atoms with Gasteiger partial charge in [-0.15, -0.1) is 0 Å². The van der Waals surface area contributed by atoms with E-state index in [9.17, 15) is 18.8 Å². The molecule has 1 aromatic rings. The molecule has 2 aliphatic heterocycles. The van der Waals surface area contributed by atoms with Gasteiger partial charge in [-0.2, -0.15) is 0 Å². The number of carbonyl (C=O) groups is 3. The standard InChI is InChI=1S/C13H11FN2O3S/c14-9-3-1-8(2-4-9)12(18)15-5-10(6-15)16-11(17)7-20-13(16)19/h1-4,10H,5-7H2. The Morgan fingerprint density at radius 2 is 1.85 bits per heavy atom. The number of amides is 3. The van der Waals surface area contributed by atoms with Gasteiger partial charge in [-0.25, -0.2) is 4.39 Å². The first-order chi connectivity index (χ1) is 9.56. The summed E-state index contributed by atoms with van der Waals surface area (Å²) in [6.45, 7) is 0.683. The number of rotatable bonds is 2. The van der Waals surface area contributed by atoms with Crippen molar-refractivity contribution in [3.63, 3.8) is 0 Å². The molecule has 2 saturated heterocycles. The van der Waals surface area contributed by atoms with E-state index in [1.54, 1.807) is 4.90 Å². The molecule has 0 bridgehead atoms. The molecule has 20 heavy (non-hydrogen) atoms. The first-order valence-electron chi connectivity index (χ1n) is 6.10. The average molecular weight is 294 g/mol. The van der Waals surface area contributed by atoms with Crippen LogP contribution < -0.4 is 0 Å². The van der Waals surface area contributed by atoms with Gasteiger partial charge in [0, 0.05) is 18.7 Å². The van der Waals surface area contributed by atoms with Crippen molar-refractivity contribution in [1.82, 2.24) is 9.80 Å². The molecule has 0 atom stereocenters. The van der Waals surface area contributed by atoms with E-state index in [1.165, 1.54) is 29.2 Å². The second kappa shape index (κ2) is 4.90. The van der Waals surface area contributed by atoms with Crippen LogP contribution in [-0.4, -0.2) is 51.7 Å². The highest BCUT2D eigenvalue weighted by molar-refractivity contribution is 8.14. The number of benzene rings is 1. The Balaban J connectivity index is 1.63. The van der Waals surface area contributed by atoms with Crippen LogP contribution in [0.3, 0.4) is 0 Å². The maximum atomic E-state index is 12.8. The maximum absolute atomic E-state index is 12.8. The zero-order chi connectivity index (χ0) is 14.3. The van der Waals surface area contributed by atoms with E-state index in [0.29, 0.717) is 18.7 Å². The van der Waals surface area contributed by atoms with Crippen molar-refractivity contribution < 1.29 is 18.8 Å². The van der Waals surface area contributed by atoms with Crippen LogP contribution in [0.5, 0.6) is 0 Å². The van der Waals surface area contributed by atoms with Crippen molar-refractivity contribution in [2.75, 3.05) is 18.8 Å². The Hall–Kier alpha value is -1.89. The second-order valence-electron chi connectivity index (χ2n) is 4.69. The van der Waals surface area contributed by atoms with Crippen molar-refractivity contribution >= 4 is 28.8 Å². The SMILES string of the molecule is O=C(c1ccc(F)cc1)N1CC(N2C(=O)CSC2=O)C1. The lowest BCUT2D eigenvalue weighted by molar-refractivity contribution is -0.128. The van der Waals surface area contributed by atoms with E-state index in [-0.39, 0.29) is 28.8 Å². The van der Waals surface area contributed by atoms with Crippen molar-refractivity contribution in [1.29, 1.82) is 0 Å². The third-order valence-electron chi connectivity index (χ3n) is 3.39. The first kappa shape index (κ1) is 13.1. The minimum atomic E-state index is -0.395. The summed E-state index contributed by atoms with van der Waals surface area (Å²) in [5.74, 6) is -0.624. The summed E-state index contributed by atoms with van der Waals surface area (Å²) in [5, 5.41) is -0.242. The van der Waals surface area contributed by atoms with Crippen LogP contribution in [0.2, 0.25) is 0 Å². The molecule has 0 unspecified atom stereocenters. The minimum absolute atomic E-state index is 0.182. The summed E-state index contributed by atoms with van der Waals surface area (Å²) in [6.07, 6.45) is 0. The molecule has 2 fully saturated rings. The zero-order valence-electron chi connectivity index (χ0n) is 10.4. The Morgan fingerprint density at radius 3 is 2.40 bits per heavy atom. The minimum Gasteiger partial charge on any atom is -0.334 e. The predicted octanol–water partition coefficient (Wildman–Crippen LogP) is 1.35. The Morgan fingerprint density at radius 1 is 1.20 bits per heavy atom. The number of hydrogen-bond donors (Lipinski definition) is 0. The smallest absolute Gasteiger partial charge is 0.289 e. The van der Waals surface area contributed by atoms with Crippen LogP contribution in [0, 0.1) is 5.82 Å². The summed E-state index contributed by atoms with van der Waals surface area (Å²) < 4.78 is 12.8. The highest BCUT2D eigenvalue weighted by atomic mass is 32.2. The average Bonchev–Trinajstić information content (AvgIpc) is 2.70. The van der Waals surface area contributed by atoms with Gasteiger partial charge in [0.15, 0.2) is 0 Å². The number of imide groups is 1. The van der Waals surface area contributed by atoms with Crippen molar-refractivity contribution in [3.05, 3.63) is 35.6 Å². The van der Waals surface area contributed by atoms with Gasteiger partial charge in [-0.1, -0.05) is 11.8 Å². The molecule has 3 amide bonds. The molecule has 0 aliphatic carbocycles. The molecule has 0 saturated carbocycles. The van der Waals surface area contributed by atoms with Crippen LogP contribution >= 0.6 is 11.8 Å². The number of nitrogens with zero attached hydrogens (tertiary/aromatic N) is 2. The molecule has 2 aliphatic rings. The summed E-state index contributed by atoms with van der Waals surface area (Å²) in [4.78, 5) is 37.9. The lowest BCUT2D eigenvalue weighted by atomic mass is 10.1. The van der Waals surface area contributed by atoms with Crippen molar-refractivity contribution in [2.24, 2.45) is 0 Å². The van der Waals surface area contributed by atoms with E-state index in [2.05, 4.69) is 0 Å². The molecule has 7 heteroatoms. The van der Waals surface area contributed by atoms with Crippen molar-refractivity contribution in [2.45, 2.75) is 6.04 Å². The van der Waals surface area contributed by atoms with Crippen molar-refractivity contribution in [3.8, 4) is 0 Å². The number of hydrogen-bond acceptors (Lipinski definition) is 4. The second-order valence-corrected chi connectivity index (χ2v) is 5.62. The summed E-state index contributed by atoms with van der Waals surface area (Å²) in [6, 6.07) is 5.08. The van der Waals surface area contributed by atoms with Gasteiger partial charge in [0.2, 0.25) is 5.91 Å². The topological polar surface area (TPSA) is 57.7 Å². The number of thioether (sulfide) groups is 1. The largest absolute Gasteiger partial charge is 0.334 e. The van der Waals surface area contributed by atoms with E-state index >= 15 is 0 Å². The quantitative estimate of drug-likeness (QED) is 0.826. The summed E-state index contributed by atoms with van der Waals surface area (Å²) in [7, 11) is 0. The van der Waals surface area contributed by atoms with Crippen LogP contribution in [0.25, 0.3) is 0 Å². The van der Waals surface area contributed by atoms with Crippen LogP contribution in [0.4, 0.5) is 9.18 Å². The Kier molecular flexibility index (Phi) is 3.21. The highest BCUT2D eigenvalue weighted by Gasteiger charge is 2.43. The van der Waals surface area contributed by atoms with E-state index in [4.69, 9.17) is 0 Å². The van der Waals surface area contributed by atoms with Crippen LogP contribution in [0.15, 0.2) is 24.3 Å². The van der Waals surface area contributed by atoms with E-state index in [1.807, 2.05) is 0 Å². The number of carbonyl (C=O) groups excluding carboxylic acids is 3. The van der Waals surface area contributed by atoms with E-state index in [0.717, 1.165) is 11.8 Å². The third kappa shape index (κ3) is 2.18. The molecule has 0 radical (unpaired) electrons. The molecule has 1 aromatic carbocycles. The van der Waals surface area contributed by atoms with Gasteiger partial charge < -0.3 is 4.90 Å². The number of likely N-dealkylation sites (tertiary alicyclic amines) is 1. The molecular weight excluding hydrogens is 283 g/mol. The molecular formula is C13H11FN2O3S. The molecule has 0 aromatic heterocycles. The molecule has 0 spiro atoms. The first-order valence-corrected chi connectivity index (χ1v) is 7.08. The lowest BCUT2D eigenvalue weighted by Gasteiger charge is -2.42. The van der Waals surface area contributed by atoms with Crippen LogP contribution in [0.1, 0.15) is 10.4 Å². The fraction of sp³-hybridized carbons (Fsp3) is 0.308. The van der Waals surface area contributed by atoms with E-state index < -0.39 is 5.82 Å². The molecule has 104 valence electrons. The normalized spacial score (nSPS) is 19.4. The summed E-state index contributed by atoms with van der Waals surface area (Å²) in [5.41, 5.74) is 0.401. The van der Waals surface area contributed by atoms with Crippen LogP contribution in [-0.2, 0) is 4.79 Å².